The maximum atomic E-state index is 12.7. The average molecular weight is 473 g/mol. The van der Waals surface area contributed by atoms with E-state index in [-0.39, 0.29) is 30.2 Å². The molecular weight excluding hydrogens is 452 g/mol. The Kier molecular flexibility index (Phi) is 6.66. The molecule has 0 aromatic heterocycles. The maximum Gasteiger partial charge on any atom is 0.247 e. The van der Waals surface area contributed by atoms with Crippen molar-refractivity contribution in [3.63, 3.8) is 0 Å². The number of hydrogen-bond acceptors (Lipinski definition) is 7. The monoisotopic (exact) mass is 472 g/mol. The minimum atomic E-state index is -0.633. The third kappa shape index (κ3) is 5.05. The number of imide groups is 1. The summed E-state index contributed by atoms with van der Waals surface area (Å²) in [6.45, 7) is 2.11. The topological polar surface area (TPSA) is 107 Å². The first kappa shape index (κ1) is 22.2. The minimum absolute atomic E-state index is 0.0508. The van der Waals surface area contributed by atoms with E-state index in [0.717, 1.165) is 45.9 Å². The van der Waals surface area contributed by atoms with Gasteiger partial charge in [-0.1, -0.05) is 29.4 Å². The molecule has 32 heavy (non-hydrogen) atoms. The number of carbonyl (C=O) groups is 2. The van der Waals surface area contributed by atoms with E-state index in [1.807, 2.05) is 25.1 Å². The normalized spacial score (nSPS) is 18.6. The Morgan fingerprint density at radius 2 is 1.91 bits per heavy atom. The third-order valence-corrected chi connectivity index (χ3v) is 6.21. The van der Waals surface area contributed by atoms with Crippen molar-refractivity contribution in [3.05, 3.63) is 53.1 Å². The number of nitrogens with two attached hydrogens (primary N) is 1. The Labute approximate surface area is 194 Å². The van der Waals surface area contributed by atoms with Gasteiger partial charge in [-0.2, -0.15) is 5.10 Å². The maximum absolute atomic E-state index is 12.7. The Morgan fingerprint density at radius 3 is 2.69 bits per heavy atom. The van der Waals surface area contributed by atoms with Crippen molar-refractivity contribution in [3.8, 4) is 11.5 Å². The number of aryl methyl sites for hydroxylation is 1. The van der Waals surface area contributed by atoms with Gasteiger partial charge in [0.1, 0.15) is 5.25 Å². The highest BCUT2D eigenvalue weighted by Crippen LogP contribution is 2.33. The molecule has 0 aliphatic carbocycles. The molecule has 0 saturated carbocycles. The molecule has 0 unspecified atom stereocenters. The number of fused-ring (bicyclic) bond motifs is 1. The number of carbonyl (C=O) groups excluding carboxylic acids is 2. The van der Waals surface area contributed by atoms with Gasteiger partial charge >= 0.3 is 0 Å². The molecule has 8 nitrogen and oxygen atoms in total. The quantitative estimate of drug-likeness (QED) is 0.297. The van der Waals surface area contributed by atoms with Gasteiger partial charge in [-0.15, -0.1) is 5.10 Å². The van der Waals surface area contributed by atoms with Crippen LogP contribution < -0.4 is 20.1 Å². The lowest BCUT2D eigenvalue weighted by Gasteiger charge is -2.14. The second-order valence-electron chi connectivity index (χ2n) is 7.32. The van der Waals surface area contributed by atoms with Gasteiger partial charge in [-0.25, -0.2) is 4.90 Å². The summed E-state index contributed by atoms with van der Waals surface area (Å²) in [5, 5.41) is 8.22. The molecule has 1 fully saturated rings. The summed E-state index contributed by atoms with van der Waals surface area (Å²) in [5.74, 6) is 0.886. The number of rotatable bonds is 6. The van der Waals surface area contributed by atoms with Crippen LogP contribution >= 0.6 is 23.4 Å². The lowest BCUT2D eigenvalue weighted by molar-refractivity contribution is -0.121. The molecule has 2 N–H and O–H groups in total. The summed E-state index contributed by atoms with van der Waals surface area (Å²) in [4.78, 5) is 26.2. The van der Waals surface area contributed by atoms with Crippen molar-refractivity contribution < 1.29 is 19.1 Å². The molecule has 4 rings (SSSR count). The highest BCUT2D eigenvalue weighted by Gasteiger charge is 2.40. The van der Waals surface area contributed by atoms with E-state index in [0.29, 0.717) is 17.1 Å². The highest BCUT2D eigenvalue weighted by molar-refractivity contribution is 8.14. The first-order valence-corrected chi connectivity index (χ1v) is 11.2. The molecule has 2 aliphatic rings. The van der Waals surface area contributed by atoms with E-state index in [9.17, 15) is 9.59 Å². The largest absolute Gasteiger partial charge is 0.454 e. The zero-order valence-electron chi connectivity index (χ0n) is 17.3. The Balaban J connectivity index is 1.32. The number of benzene rings is 2. The molecule has 2 heterocycles. The van der Waals surface area contributed by atoms with Gasteiger partial charge in [0.15, 0.2) is 16.7 Å². The summed E-state index contributed by atoms with van der Waals surface area (Å²) >= 11 is 6.92. The van der Waals surface area contributed by atoms with Crippen LogP contribution in [-0.2, 0) is 16.0 Å². The molecule has 1 saturated heterocycles. The van der Waals surface area contributed by atoms with E-state index < -0.39 is 5.25 Å². The number of amides is 2. The van der Waals surface area contributed by atoms with E-state index in [4.69, 9.17) is 26.8 Å². The summed E-state index contributed by atoms with van der Waals surface area (Å²) in [6, 6.07) is 12.4. The van der Waals surface area contributed by atoms with Crippen LogP contribution in [0.4, 0.5) is 5.69 Å². The lowest BCUT2D eigenvalue weighted by atomic mass is 10.1. The molecule has 0 bridgehead atoms. The number of hydrogen-bond donors (Lipinski definition) is 1. The average Bonchev–Trinajstić information content (AvgIpc) is 3.35. The van der Waals surface area contributed by atoms with Gasteiger partial charge in [-0.05, 0) is 61.7 Å². The number of thioether (sulfide) groups is 1. The standard InChI is InChI=1S/C22H21ClN4O4S/c1-13(2-3-14-4-9-17-18(10-14)31-12-30-17)25-26-22(24)32-19-11-20(28)27(21(19)29)16-7-5-15(23)6-8-16/h4-10,19H,2-3,11-12H2,1H3,(H2,24,26)/b25-13-/t19-/m1/s1. The summed E-state index contributed by atoms with van der Waals surface area (Å²) in [5.41, 5.74) is 8.34. The Hall–Kier alpha value is -3.04. The van der Waals surface area contributed by atoms with Gasteiger partial charge in [0.2, 0.25) is 18.6 Å². The molecular formula is C22H21ClN4O4S. The van der Waals surface area contributed by atoms with Crippen LogP contribution in [0.1, 0.15) is 25.3 Å². The molecule has 2 aliphatic heterocycles. The second-order valence-corrected chi connectivity index (χ2v) is 8.97. The SMILES string of the molecule is C/C(CCc1ccc2c(c1)OCO2)=N/N=C(\N)S[C@@H]1CC(=O)N(c2ccc(Cl)cc2)C1=O. The van der Waals surface area contributed by atoms with Crippen LogP contribution in [0.15, 0.2) is 52.7 Å². The number of nitrogens with zero attached hydrogens (tertiary/aromatic N) is 3. The molecule has 2 aromatic rings. The van der Waals surface area contributed by atoms with Gasteiger partial charge < -0.3 is 15.2 Å². The van der Waals surface area contributed by atoms with Gasteiger partial charge in [0, 0.05) is 17.2 Å². The van der Waals surface area contributed by atoms with E-state index in [1.165, 1.54) is 0 Å². The molecule has 10 heteroatoms. The zero-order valence-corrected chi connectivity index (χ0v) is 18.9. The zero-order chi connectivity index (χ0) is 22.7. The first-order chi connectivity index (χ1) is 15.4. The number of anilines is 1. The van der Waals surface area contributed by atoms with Crippen molar-refractivity contribution in [1.82, 2.24) is 0 Å². The van der Waals surface area contributed by atoms with Crippen LogP contribution in [0.3, 0.4) is 0 Å². The predicted molar refractivity (Wildman–Crippen MR) is 126 cm³/mol. The van der Waals surface area contributed by atoms with Gasteiger partial charge in [0.05, 0.1) is 5.69 Å². The van der Waals surface area contributed by atoms with Crippen LogP contribution in [0, 0.1) is 0 Å². The van der Waals surface area contributed by atoms with Gasteiger partial charge in [-0.3, -0.25) is 9.59 Å². The minimum Gasteiger partial charge on any atom is -0.454 e. The molecule has 0 radical (unpaired) electrons. The van der Waals surface area contributed by atoms with E-state index in [2.05, 4.69) is 10.2 Å². The Bertz CT molecular complexity index is 1100. The van der Waals surface area contributed by atoms with Crippen LogP contribution in [0.25, 0.3) is 0 Å². The van der Waals surface area contributed by atoms with E-state index >= 15 is 0 Å². The first-order valence-electron chi connectivity index (χ1n) is 9.95. The fourth-order valence-corrected chi connectivity index (χ4v) is 4.27. The van der Waals surface area contributed by atoms with Gasteiger partial charge in [0.25, 0.3) is 0 Å². The summed E-state index contributed by atoms with van der Waals surface area (Å²) in [7, 11) is 0. The molecule has 0 spiro atoms. The Morgan fingerprint density at radius 1 is 1.16 bits per heavy atom. The van der Waals surface area contributed by atoms with Crippen molar-refractivity contribution >= 4 is 51.7 Å². The predicted octanol–water partition coefficient (Wildman–Crippen LogP) is 3.76. The van der Waals surface area contributed by atoms with Crippen molar-refractivity contribution in [2.75, 3.05) is 11.7 Å². The van der Waals surface area contributed by atoms with Crippen LogP contribution in [0.2, 0.25) is 5.02 Å². The molecule has 2 amide bonds. The van der Waals surface area contributed by atoms with Crippen LogP contribution in [-0.4, -0.2) is 34.7 Å². The molecule has 166 valence electrons. The number of ether oxygens (including phenoxy) is 2. The van der Waals surface area contributed by atoms with Crippen molar-refractivity contribution in [2.45, 2.75) is 31.4 Å². The fraction of sp³-hybridized carbons (Fsp3) is 0.273. The fourth-order valence-electron chi connectivity index (χ4n) is 3.33. The highest BCUT2D eigenvalue weighted by atomic mass is 35.5. The smallest absolute Gasteiger partial charge is 0.247 e. The van der Waals surface area contributed by atoms with E-state index in [1.54, 1.807) is 24.3 Å². The number of halogens is 1. The summed E-state index contributed by atoms with van der Waals surface area (Å²) in [6.07, 6.45) is 1.50. The molecule has 2 aromatic carbocycles. The molecule has 1 atom stereocenters. The number of amidine groups is 1. The second kappa shape index (κ2) is 9.62. The third-order valence-electron chi connectivity index (χ3n) is 4.98. The summed E-state index contributed by atoms with van der Waals surface area (Å²) < 4.78 is 10.7. The lowest BCUT2D eigenvalue weighted by Crippen LogP contribution is -2.31. The van der Waals surface area contributed by atoms with Crippen molar-refractivity contribution in [2.24, 2.45) is 15.9 Å². The van der Waals surface area contributed by atoms with Crippen LogP contribution in [0.5, 0.6) is 11.5 Å². The van der Waals surface area contributed by atoms with Crippen molar-refractivity contribution in [1.29, 1.82) is 0 Å².